The molecule has 26 heavy (non-hydrogen) atoms. The second-order valence-electron chi connectivity index (χ2n) is 6.51. The number of nitrogens with one attached hydrogen (secondary N) is 1. The van der Waals surface area contributed by atoms with Crippen molar-refractivity contribution < 1.29 is 9.90 Å². The second-order valence-corrected chi connectivity index (χ2v) is 6.51. The van der Waals surface area contributed by atoms with Crippen molar-refractivity contribution in [3.63, 3.8) is 0 Å². The van der Waals surface area contributed by atoms with E-state index in [1.165, 1.54) is 0 Å². The zero-order chi connectivity index (χ0) is 17.9. The van der Waals surface area contributed by atoms with Crippen LogP contribution in [0.4, 0.5) is 0 Å². The van der Waals surface area contributed by atoms with Gasteiger partial charge in [0.1, 0.15) is 0 Å². The Morgan fingerprint density at radius 1 is 1.23 bits per heavy atom. The van der Waals surface area contributed by atoms with Crippen LogP contribution >= 0.6 is 0 Å². The Labute approximate surface area is 150 Å². The van der Waals surface area contributed by atoms with Crippen molar-refractivity contribution in [1.82, 2.24) is 25.1 Å². The molecule has 2 N–H and O–H groups in total. The molecular formula is C19H19N5O2. The number of aromatic amines is 1. The maximum Gasteiger partial charge on any atom is 0.253 e. The molecule has 1 fully saturated rings. The topological polar surface area (TPSA) is 95.0 Å². The molecule has 2 atom stereocenters. The molecule has 0 unspecified atom stereocenters. The first-order valence-electron chi connectivity index (χ1n) is 8.52. The Balaban J connectivity index is 1.48. The van der Waals surface area contributed by atoms with Crippen LogP contribution in [-0.4, -0.2) is 55.3 Å². The van der Waals surface area contributed by atoms with Gasteiger partial charge in [-0.2, -0.15) is 5.10 Å². The predicted molar refractivity (Wildman–Crippen MR) is 95.2 cm³/mol. The van der Waals surface area contributed by atoms with E-state index in [0.29, 0.717) is 25.1 Å². The third-order valence-electron chi connectivity index (χ3n) is 4.72. The Hall–Kier alpha value is -3.06. The number of hydrogen-bond donors (Lipinski definition) is 2. The summed E-state index contributed by atoms with van der Waals surface area (Å²) in [7, 11) is 0. The fourth-order valence-corrected chi connectivity index (χ4v) is 3.35. The molecule has 1 aliphatic heterocycles. The highest BCUT2D eigenvalue weighted by molar-refractivity contribution is 5.95. The van der Waals surface area contributed by atoms with Crippen LogP contribution in [0.2, 0.25) is 0 Å². The van der Waals surface area contributed by atoms with Gasteiger partial charge >= 0.3 is 0 Å². The maximum atomic E-state index is 12.9. The highest BCUT2D eigenvalue weighted by Crippen LogP contribution is 2.24. The van der Waals surface area contributed by atoms with Gasteiger partial charge in [-0.15, -0.1) is 0 Å². The zero-order valence-corrected chi connectivity index (χ0v) is 14.1. The normalized spacial score (nSPS) is 19.7. The number of aliphatic hydroxyl groups excluding tert-OH is 1. The molecule has 1 aliphatic rings. The number of aliphatic hydroxyl groups is 1. The van der Waals surface area contributed by atoms with E-state index in [2.05, 4.69) is 20.2 Å². The number of nitrogens with zero attached hydrogens (tertiary/aromatic N) is 4. The first kappa shape index (κ1) is 16.4. The van der Waals surface area contributed by atoms with Crippen molar-refractivity contribution in [2.75, 3.05) is 13.1 Å². The number of rotatable bonds is 4. The number of β-amino-alcohol motifs (C(OH)–C–C–N with tert-alkyl or cyclic N) is 1. The van der Waals surface area contributed by atoms with Crippen molar-refractivity contribution in [2.24, 2.45) is 5.92 Å². The van der Waals surface area contributed by atoms with E-state index in [1.54, 1.807) is 42.0 Å². The summed E-state index contributed by atoms with van der Waals surface area (Å²) in [5, 5.41) is 17.1. The lowest BCUT2D eigenvalue weighted by atomic mass is 10.0. The number of H-pyrrole nitrogens is 1. The van der Waals surface area contributed by atoms with Gasteiger partial charge in [-0.3, -0.25) is 19.9 Å². The second kappa shape index (κ2) is 7.05. The van der Waals surface area contributed by atoms with Crippen molar-refractivity contribution >= 4 is 5.91 Å². The fourth-order valence-electron chi connectivity index (χ4n) is 3.35. The van der Waals surface area contributed by atoms with Gasteiger partial charge in [0.25, 0.3) is 5.91 Å². The molecule has 1 saturated heterocycles. The molecule has 0 saturated carbocycles. The summed E-state index contributed by atoms with van der Waals surface area (Å²) in [5.74, 6) is -0.108. The van der Waals surface area contributed by atoms with Gasteiger partial charge in [-0.1, -0.05) is 12.1 Å². The number of benzene rings is 1. The summed E-state index contributed by atoms with van der Waals surface area (Å²) in [4.78, 5) is 22.9. The Bertz CT molecular complexity index is 882. The average molecular weight is 349 g/mol. The lowest BCUT2D eigenvalue weighted by Crippen LogP contribution is -2.29. The van der Waals surface area contributed by atoms with E-state index in [1.807, 2.05) is 18.2 Å². The first-order chi connectivity index (χ1) is 12.7. The van der Waals surface area contributed by atoms with Crippen LogP contribution in [-0.2, 0) is 6.42 Å². The summed E-state index contributed by atoms with van der Waals surface area (Å²) in [5.41, 5.74) is 3.30. The number of carbonyl (C=O) groups is 1. The molecule has 132 valence electrons. The summed E-state index contributed by atoms with van der Waals surface area (Å²) in [6, 6.07) is 7.46. The first-order valence-corrected chi connectivity index (χ1v) is 8.52. The van der Waals surface area contributed by atoms with Crippen molar-refractivity contribution in [3.05, 3.63) is 66.5 Å². The van der Waals surface area contributed by atoms with Crippen LogP contribution < -0.4 is 0 Å². The number of hydrogen-bond acceptors (Lipinski definition) is 5. The third kappa shape index (κ3) is 3.34. The smallest absolute Gasteiger partial charge is 0.253 e. The molecule has 0 aliphatic carbocycles. The largest absolute Gasteiger partial charge is 0.391 e. The number of likely N-dealkylation sites (tertiary alicyclic amines) is 1. The molecule has 7 nitrogen and oxygen atoms in total. The van der Waals surface area contributed by atoms with Gasteiger partial charge in [0, 0.05) is 54.9 Å². The van der Waals surface area contributed by atoms with Crippen molar-refractivity contribution in [2.45, 2.75) is 12.5 Å². The monoisotopic (exact) mass is 349 g/mol. The summed E-state index contributed by atoms with van der Waals surface area (Å²) in [6.45, 7) is 0.839. The molecule has 0 spiro atoms. The van der Waals surface area contributed by atoms with Crippen LogP contribution in [0, 0.1) is 5.92 Å². The minimum Gasteiger partial charge on any atom is -0.391 e. The highest BCUT2D eigenvalue weighted by Gasteiger charge is 2.34. The Kier molecular flexibility index (Phi) is 4.45. The Morgan fingerprint density at radius 3 is 2.92 bits per heavy atom. The maximum absolute atomic E-state index is 12.9. The molecule has 7 heteroatoms. The van der Waals surface area contributed by atoms with Crippen LogP contribution in [0.1, 0.15) is 16.1 Å². The van der Waals surface area contributed by atoms with Crippen molar-refractivity contribution in [3.8, 4) is 11.1 Å². The van der Waals surface area contributed by atoms with E-state index in [9.17, 15) is 9.90 Å². The number of amides is 1. The van der Waals surface area contributed by atoms with Crippen molar-refractivity contribution in [1.29, 1.82) is 0 Å². The zero-order valence-electron chi connectivity index (χ0n) is 14.1. The number of aromatic nitrogens is 4. The predicted octanol–water partition coefficient (Wildman–Crippen LogP) is 1.54. The lowest BCUT2D eigenvalue weighted by molar-refractivity contribution is 0.0764. The minimum atomic E-state index is -0.557. The fraction of sp³-hybridized carbons (Fsp3) is 0.263. The molecule has 0 radical (unpaired) electrons. The highest BCUT2D eigenvalue weighted by atomic mass is 16.3. The minimum absolute atomic E-state index is 0.0345. The van der Waals surface area contributed by atoms with Gasteiger partial charge in [-0.05, 0) is 24.1 Å². The summed E-state index contributed by atoms with van der Waals surface area (Å²) in [6.07, 6.45) is 8.52. The molecule has 4 rings (SSSR count). The quantitative estimate of drug-likeness (QED) is 0.745. The van der Waals surface area contributed by atoms with Gasteiger partial charge in [-0.25, -0.2) is 0 Å². The lowest BCUT2D eigenvalue weighted by Gasteiger charge is -2.16. The van der Waals surface area contributed by atoms with E-state index in [-0.39, 0.29) is 11.8 Å². The van der Waals surface area contributed by atoms with Gasteiger partial charge in [0.15, 0.2) is 0 Å². The molecule has 1 amide bonds. The van der Waals surface area contributed by atoms with E-state index in [4.69, 9.17) is 0 Å². The summed E-state index contributed by atoms with van der Waals surface area (Å²) >= 11 is 0. The molecule has 0 bridgehead atoms. The third-order valence-corrected chi connectivity index (χ3v) is 4.72. The van der Waals surface area contributed by atoms with E-state index < -0.39 is 6.10 Å². The molecule has 2 aromatic heterocycles. The van der Waals surface area contributed by atoms with E-state index >= 15 is 0 Å². The molecule has 1 aromatic carbocycles. The summed E-state index contributed by atoms with van der Waals surface area (Å²) < 4.78 is 0. The standard InChI is InChI=1S/C19H19N5O2/c25-18-12-24(11-15(18)7-17-10-20-4-5-21-17)19(26)14-3-1-2-13(6-14)16-8-22-23-9-16/h1-6,8-10,15,18,25H,7,11-12H2,(H,22,23)/t15-,18-/m1/s1. The van der Waals surface area contributed by atoms with Gasteiger partial charge in [0.05, 0.1) is 18.0 Å². The van der Waals surface area contributed by atoms with Gasteiger partial charge in [0.2, 0.25) is 0 Å². The Morgan fingerprint density at radius 2 is 2.15 bits per heavy atom. The van der Waals surface area contributed by atoms with Crippen LogP contribution in [0.25, 0.3) is 11.1 Å². The molecular weight excluding hydrogens is 330 g/mol. The van der Waals surface area contributed by atoms with Gasteiger partial charge < -0.3 is 10.0 Å². The van der Waals surface area contributed by atoms with Crippen LogP contribution in [0.15, 0.2) is 55.2 Å². The van der Waals surface area contributed by atoms with Crippen LogP contribution in [0.5, 0.6) is 0 Å². The number of carbonyl (C=O) groups excluding carboxylic acids is 1. The molecule has 3 aromatic rings. The van der Waals surface area contributed by atoms with Crippen LogP contribution in [0.3, 0.4) is 0 Å². The SMILES string of the molecule is O=C(c1cccc(-c2cn[nH]c2)c1)N1C[C@@H](Cc2cnccn2)[C@H](O)C1. The van der Waals surface area contributed by atoms with E-state index in [0.717, 1.165) is 16.8 Å². The average Bonchev–Trinajstić information content (AvgIpc) is 3.33. The molecule has 3 heterocycles.